The van der Waals surface area contributed by atoms with Crippen LogP contribution in [0.4, 0.5) is 4.39 Å². The zero-order valence-corrected chi connectivity index (χ0v) is 17.9. The summed E-state index contributed by atoms with van der Waals surface area (Å²) in [6.07, 6.45) is 3.43. The third-order valence-electron chi connectivity index (χ3n) is 5.06. The molecule has 0 amide bonds. The van der Waals surface area contributed by atoms with Crippen LogP contribution in [0.1, 0.15) is 0 Å². The van der Waals surface area contributed by atoms with Gasteiger partial charge in [-0.3, -0.25) is 4.40 Å². The third-order valence-corrected chi connectivity index (χ3v) is 5.06. The number of ether oxygens (including phenoxy) is 3. The Labute approximate surface area is 187 Å². The Kier molecular flexibility index (Phi) is 5.09. The van der Waals surface area contributed by atoms with E-state index in [9.17, 15) is 4.39 Å². The van der Waals surface area contributed by atoms with E-state index in [2.05, 4.69) is 20.2 Å². The Morgan fingerprint density at radius 2 is 1.58 bits per heavy atom. The zero-order valence-electron chi connectivity index (χ0n) is 17.9. The number of rotatable bonds is 6. The van der Waals surface area contributed by atoms with E-state index in [-0.39, 0.29) is 17.6 Å². The van der Waals surface area contributed by atoms with Crippen LogP contribution in [-0.2, 0) is 0 Å². The SMILES string of the molecule is COc1cc(-c2nnc(-c3c(-c4ccc(F)cc4)nc4ncccn34)o2)cc(OC)c1OC. The Hall–Kier alpha value is -4.47. The molecule has 0 saturated heterocycles. The molecule has 5 rings (SSSR count). The van der Waals surface area contributed by atoms with Gasteiger partial charge in [0, 0.05) is 23.5 Å². The number of nitrogens with zero attached hydrogens (tertiary/aromatic N) is 5. The van der Waals surface area contributed by atoms with Crippen molar-refractivity contribution in [1.82, 2.24) is 24.6 Å². The van der Waals surface area contributed by atoms with E-state index in [0.29, 0.717) is 45.5 Å². The van der Waals surface area contributed by atoms with Gasteiger partial charge < -0.3 is 18.6 Å². The molecule has 2 aromatic carbocycles. The maximum absolute atomic E-state index is 13.5. The molecule has 33 heavy (non-hydrogen) atoms. The first-order chi connectivity index (χ1) is 16.1. The van der Waals surface area contributed by atoms with Crippen molar-refractivity contribution in [2.24, 2.45) is 0 Å². The van der Waals surface area contributed by atoms with Crippen LogP contribution in [0.3, 0.4) is 0 Å². The summed E-state index contributed by atoms with van der Waals surface area (Å²) in [4.78, 5) is 8.89. The second-order valence-corrected chi connectivity index (χ2v) is 6.93. The van der Waals surface area contributed by atoms with Crippen LogP contribution in [0.15, 0.2) is 59.3 Å². The van der Waals surface area contributed by atoms with E-state index in [4.69, 9.17) is 18.6 Å². The van der Waals surface area contributed by atoms with Crippen molar-refractivity contribution in [3.05, 3.63) is 60.7 Å². The van der Waals surface area contributed by atoms with E-state index < -0.39 is 0 Å². The minimum absolute atomic E-state index is 0.221. The number of hydrogen-bond donors (Lipinski definition) is 0. The Morgan fingerprint density at radius 3 is 2.24 bits per heavy atom. The standard InChI is InChI=1S/C23H18FN5O4/c1-30-16-11-14(12-17(31-2)20(16)32-3)21-27-28-22(33-21)19-18(13-5-7-15(24)8-6-13)26-23-25-9-4-10-29(19)23/h4-12H,1-3H3. The molecule has 0 atom stereocenters. The molecule has 166 valence electrons. The van der Waals surface area contributed by atoms with Gasteiger partial charge in [-0.25, -0.2) is 14.4 Å². The second kappa shape index (κ2) is 8.23. The van der Waals surface area contributed by atoms with Gasteiger partial charge in [-0.05, 0) is 42.5 Å². The summed E-state index contributed by atoms with van der Waals surface area (Å²) in [6, 6.07) is 11.2. The summed E-state index contributed by atoms with van der Waals surface area (Å²) in [5.74, 6) is 1.93. The maximum atomic E-state index is 13.5. The van der Waals surface area contributed by atoms with Crippen molar-refractivity contribution in [3.8, 4) is 51.5 Å². The first-order valence-corrected chi connectivity index (χ1v) is 9.86. The smallest absolute Gasteiger partial charge is 0.267 e. The van der Waals surface area contributed by atoms with E-state index in [1.54, 1.807) is 47.1 Å². The molecule has 0 aliphatic heterocycles. The molecule has 0 spiro atoms. The normalized spacial score (nSPS) is 11.0. The summed E-state index contributed by atoms with van der Waals surface area (Å²) in [5.41, 5.74) is 2.34. The number of hydrogen-bond acceptors (Lipinski definition) is 8. The Bertz CT molecular complexity index is 1420. The highest BCUT2D eigenvalue weighted by atomic mass is 19.1. The number of methoxy groups -OCH3 is 3. The molecule has 9 nitrogen and oxygen atoms in total. The number of halogens is 1. The average molecular weight is 447 g/mol. The van der Waals surface area contributed by atoms with Gasteiger partial charge >= 0.3 is 0 Å². The van der Waals surface area contributed by atoms with E-state index in [1.165, 1.54) is 33.5 Å². The number of fused-ring (bicyclic) bond motifs is 1. The molecule has 0 fully saturated rings. The van der Waals surface area contributed by atoms with Crippen molar-refractivity contribution in [2.75, 3.05) is 21.3 Å². The van der Waals surface area contributed by atoms with E-state index in [1.807, 2.05) is 0 Å². The van der Waals surface area contributed by atoms with Crippen LogP contribution < -0.4 is 14.2 Å². The molecule has 0 saturated carbocycles. The first kappa shape index (κ1) is 20.4. The Morgan fingerprint density at radius 1 is 0.879 bits per heavy atom. The van der Waals surface area contributed by atoms with Gasteiger partial charge in [0.25, 0.3) is 5.89 Å². The highest BCUT2D eigenvalue weighted by Crippen LogP contribution is 2.41. The Balaban J connectivity index is 1.66. The van der Waals surface area contributed by atoms with Crippen molar-refractivity contribution in [2.45, 2.75) is 0 Å². The lowest BCUT2D eigenvalue weighted by molar-refractivity contribution is 0.324. The highest BCUT2D eigenvalue weighted by molar-refractivity contribution is 5.78. The molecule has 0 aliphatic carbocycles. The van der Waals surface area contributed by atoms with E-state index in [0.717, 1.165) is 0 Å². The summed E-state index contributed by atoms with van der Waals surface area (Å²) in [7, 11) is 4.59. The van der Waals surface area contributed by atoms with Crippen LogP contribution in [0.25, 0.3) is 40.1 Å². The highest BCUT2D eigenvalue weighted by Gasteiger charge is 2.23. The lowest BCUT2D eigenvalue weighted by atomic mass is 10.1. The fraction of sp³-hybridized carbons (Fsp3) is 0.130. The molecule has 3 heterocycles. The average Bonchev–Trinajstić information content (AvgIpc) is 3.48. The van der Waals surface area contributed by atoms with E-state index >= 15 is 0 Å². The molecule has 0 aliphatic rings. The summed E-state index contributed by atoms with van der Waals surface area (Å²) >= 11 is 0. The lowest BCUT2D eigenvalue weighted by Gasteiger charge is -2.12. The quantitative estimate of drug-likeness (QED) is 0.381. The molecular formula is C23H18FN5O4. The number of benzene rings is 2. The monoisotopic (exact) mass is 447 g/mol. The number of imidazole rings is 1. The molecular weight excluding hydrogens is 429 g/mol. The van der Waals surface area contributed by atoms with Gasteiger partial charge in [-0.1, -0.05) is 0 Å². The van der Waals surface area contributed by atoms with Crippen molar-refractivity contribution in [1.29, 1.82) is 0 Å². The number of aromatic nitrogens is 5. The van der Waals surface area contributed by atoms with Gasteiger partial charge in [0.2, 0.25) is 17.4 Å². The van der Waals surface area contributed by atoms with Crippen molar-refractivity contribution >= 4 is 5.78 Å². The summed E-state index contributed by atoms with van der Waals surface area (Å²) in [6.45, 7) is 0. The van der Waals surface area contributed by atoms with Gasteiger partial charge in [0.1, 0.15) is 17.2 Å². The molecule has 3 aromatic heterocycles. The first-order valence-electron chi connectivity index (χ1n) is 9.86. The molecule has 0 radical (unpaired) electrons. The van der Waals surface area contributed by atoms with Crippen LogP contribution in [-0.4, -0.2) is 45.9 Å². The topological polar surface area (TPSA) is 96.8 Å². The van der Waals surface area contributed by atoms with Gasteiger partial charge in [-0.15, -0.1) is 10.2 Å². The molecule has 10 heteroatoms. The fourth-order valence-corrected chi connectivity index (χ4v) is 3.54. The molecule has 0 unspecified atom stereocenters. The molecule has 5 aromatic rings. The minimum Gasteiger partial charge on any atom is -0.493 e. The largest absolute Gasteiger partial charge is 0.493 e. The summed E-state index contributed by atoms with van der Waals surface area (Å²) in [5, 5.41) is 8.46. The predicted molar refractivity (Wildman–Crippen MR) is 117 cm³/mol. The fourth-order valence-electron chi connectivity index (χ4n) is 3.54. The third kappa shape index (κ3) is 3.51. The maximum Gasteiger partial charge on any atom is 0.267 e. The van der Waals surface area contributed by atoms with Crippen LogP contribution in [0.2, 0.25) is 0 Å². The van der Waals surface area contributed by atoms with Crippen LogP contribution in [0.5, 0.6) is 17.2 Å². The van der Waals surface area contributed by atoms with Gasteiger partial charge in [-0.2, -0.15) is 0 Å². The molecule has 0 N–H and O–H groups in total. The molecule has 0 bridgehead atoms. The summed E-state index contributed by atoms with van der Waals surface area (Å²) < 4.78 is 37.5. The van der Waals surface area contributed by atoms with Gasteiger partial charge in [0.05, 0.1) is 21.3 Å². The van der Waals surface area contributed by atoms with Gasteiger partial charge in [0.15, 0.2) is 11.5 Å². The second-order valence-electron chi connectivity index (χ2n) is 6.93. The lowest BCUT2D eigenvalue weighted by Crippen LogP contribution is -1.95. The van der Waals surface area contributed by atoms with Crippen molar-refractivity contribution < 1.29 is 23.0 Å². The minimum atomic E-state index is -0.343. The zero-order chi connectivity index (χ0) is 22.9. The van der Waals surface area contributed by atoms with Crippen LogP contribution >= 0.6 is 0 Å². The van der Waals surface area contributed by atoms with Crippen LogP contribution in [0, 0.1) is 5.82 Å². The van der Waals surface area contributed by atoms with Crippen molar-refractivity contribution in [3.63, 3.8) is 0 Å². The predicted octanol–water partition coefficient (Wildman–Crippen LogP) is 4.28.